The Morgan fingerprint density at radius 3 is 2.42 bits per heavy atom. The molecule has 0 aromatic heterocycles. The van der Waals surface area contributed by atoms with Gasteiger partial charge in [0.2, 0.25) is 0 Å². The van der Waals surface area contributed by atoms with E-state index in [2.05, 4.69) is 36.9 Å². The van der Waals surface area contributed by atoms with Gasteiger partial charge in [-0.25, -0.2) is 0 Å². The lowest BCUT2D eigenvalue weighted by atomic mass is 9.98. The molecule has 128 valence electrons. The van der Waals surface area contributed by atoms with Gasteiger partial charge in [0.1, 0.15) is 5.75 Å². The zero-order valence-corrected chi connectivity index (χ0v) is 15.0. The van der Waals surface area contributed by atoms with Crippen molar-refractivity contribution in [2.45, 2.75) is 32.7 Å². The first-order valence-electron chi connectivity index (χ1n) is 8.46. The van der Waals surface area contributed by atoms with Gasteiger partial charge >= 0.3 is 5.97 Å². The van der Waals surface area contributed by atoms with E-state index in [0.717, 1.165) is 12.0 Å². The Balaban J connectivity index is 1.91. The molecule has 2 aromatic carbocycles. The average molecular weight is 325 g/mol. The first-order valence-corrected chi connectivity index (χ1v) is 8.46. The molecule has 0 heterocycles. The van der Waals surface area contributed by atoms with Gasteiger partial charge in [-0.15, -0.1) is 0 Å². The quantitative estimate of drug-likeness (QED) is 0.555. The Kier molecular flexibility index (Phi) is 6.56. The third-order valence-corrected chi connectivity index (χ3v) is 4.29. The van der Waals surface area contributed by atoms with Gasteiger partial charge in [-0.2, -0.15) is 0 Å². The number of esters is 1. The Bertz CT molecular complexity index is 652. The summed E-state index contributed by atoms with van der Waals surface area (Å²) in [5, 5.41) is 0. The zero-order valence-electron chi connectivity index (χ0n) is 15.0. The Hall–Kier alpha value is -2.13. The van der Waals surface area contributed by atoms with Gasteiger partial charge in [-0.1, -0.05) is 49.4 Å². The standard InChI is InChI=1S/C21H27NO2/c1-16(13-18-9-6-5-7-10-18)14-21(23)24-20-12-8-11-19(15-20)17(2)22(3)4/h5-12,15-17H,13-14H2,1-4H3/t16?,17-/m0/s1. The third kappa shape index (κ3) is 5.50. The summed E-state index contributed by atoms with van der Waals surface area (Å²) in [6.07, 6.45) is 1.30. The molecule has 0 amide bonds. The van der Waals surface area contributed by atoms with E-state index in [0.29, 0.717) is 12.2 Å². The van der Waals surface area contributed by atoms with Crippen LogP contribution in [0.5, 0.6) is 5.75 Å². The molecule has 0 bridgehead atoms. The molecule has 2 rings (SSSR count). The SMILES string of the molecule is CC(CC(=O)Oc1cccc([C@H](C)N(C)C)c1)Cc1ccccc1. The molecule has 24 heavy (non-hydrogen) atoms. The number of benzene rings is 2. The topological polar surface area (TPSA) is 29.5 Å². The van der Waals surface area contributed by atoms with Gasteiger partial charge in [-0.05, 0) is 56.6 Å². The van der Waals surface area contributed by atoms with Crippen LogP contribution >= 0.6 is 0 Å². The van der Waals surface area contributed by atoms with E-state index in [1.807, 2.05) is 50.5 Å². The Morgan fingerprint density at radius 2 is 1.75 bits per heavy atom. The molecule has 0 aliphatic heterocycles. The second kappa shape index (κ2) is 8.65. The maximum Gasteiger partial charge on any atom is 0.311 e. The first kappa shape index (κ1) is 18.2. The van der Waals surface area contributed by atoms with Gasteiger partial charge in [0.25, 0.3) is 0 Å². The lowest BCUT2D eigenvalue weighted by Gasteiger charge is -2.20. The highest BCUT2D eigenvalue weighted by atomic mass is 16.5. The summed E-state index contributed by atoms with van der Waals surface area (Å²) in [6.45, 7) is 4.21. The van der Waals surface area contributed by atoms with Crippen LogP contribution in [0.15, 0.2) is 54.6 Å². The number of rotatable bonds is 7. The van der Waals surface area contributed by atoms with Crippen LogP contribution in [0.2, 0.25) is 0 Å². The fraction of sp³-hybridized carbons (Fsp3) is 0.381. The fourth-order valence-electron chi connectivity index (χ4n) is 2.68. The van der Waals surface area contributed by atoms with Gasteiger partial charge in [0, 0.05) is 12.5 Å². The van der Waals surface area contributed by atoms with Gasteiger partial charge in [-0.3, -0.25) is 4.79 Å². The number of ether oxygens (including phenoxy) is 1. The van der Waals surface area contributed by atoms with Crippen molar-refractivity contribution in [2.75, 3.05) is 14.1 Å². The van der Waals surface area contributed by atoms with E-state index in [9.17, 15) is 4.79 Å². The van der Waals surface area contributed by atoms with E-state index < -0.39 is 0 Å². The molecule has 3 nitrogen and oxygen atoms in total. The van der Waals surface area contributed by atoms with Crippen molar-refractivity contribution in [2.24, 2.45) is 5.92 Å². The normalized spacial score (nSPS) is 13.5. The molecule has 0 radical (unpaired) electrons. The maximum atomic E-state index is 12.2. The molecule has 0 saturated heterocycles. The molecular formula is C21H27NO2. The van der Waals surface area contributed by atoms with Crippen molar-refractivity contribution in [1.29, 1.82) is 0 Å². The summed E-state index contributed by atoms with van der Waals surface area (Å²) in [5.41, 5.74) is 2.39. The minimum atomic E-state index is -0.173. The molecule has 2 aromatic rings. The average Bonchev–Trinajstić information content (AvgIpc) is 2.54. The van der Waals surface area contributed by atoms with Gasteiger partial charge in [0.15, 0.2) is 0 Å². The third-order valence-electron chi connectivity index (χ3n) is 4.29. The zero-order chi connectivity index (χ0) is 17.5. The van der Waals surface area contributed by atoms with Crippen LogP contribution in [0.1, 0.15) is 37.4 Å². The fourth-order valence-corrected chi connectivity index (χ4v) is 2.68. The predicted molar refractivity (Wildman–Crippen MR) is 98.1 cm³/mol. The van der Waals surface area contributed by atoms with Crippen molar-refractivity contribution in [3.05, 3.63) is 65.7 Å². The van der Waals surface area contributed by atoms with Gasteiger partial charge < -0.3 is 9.64 Å². The van der Waals surface area contributed by atoms with Crippen molar-refractivity contribution in [3.63, 3.8) is 0 Å². The molecule has 0 fully saturated rings. The molecule has 3 heteroatoms. The summed E-state index contributed by atoms with van der Waals surface area (Å²) < 4.78 is 5.54. The minimum Gasteiger partial charge on any atom is -0.427 e. The van der Waals surface area contributed by atoms with E-state index in [1.165, 1.54) is 5.56 Å². The predicted octanol–water partition coefficient (Wildman–Crippen LogP) is 4.48. The van der Waals surface area contributed by atoms with Crippen LogP contribution in [0.3, 0.4) is 0 Å². The van der Waals surface area contributed by atoms with Crippen LogP contribution < -0.4 is 4.74 Å². The largest absolute Gasteiger partial charge is 0.427 e. The van der Waals surface area contributed by atoms with Crippen LogP contribution in [0, 0.1) is 5.92 Å². The summed E-state index contributed by atoms with van der Waals surface area (Å²) in [5.74, 6) is 0.704. The molecule has 0 saturated carbocycles. The summed E-state index contributed by atoms with van der Waals surface area (Å²) in [6, 6.07) is 18.3. The van der Waals surface area contributed by atoms with E-state index in [-0.39, 0.29) is 17.9 Å². The molecule has 0 N–H and O–H groups in total. The molecule has 2 atom stereocenters. The van der Waals surface area contributed by atoms with Crippen LogP contribution in [0.25, 0.3) is 0 Å². The molecule has 0 spiro atoms. The van der Waals surface area contributed by atoms with Gasteiger partial charge in [0.05, 0.1) is 0 Å². The highest BCUT2D eigenvalue weighted by Crippen LogP contribution is 2.23. The number of hydrogen-bond donors (Lipinski definition) is 0. The van der Waals surface area contributed by atoms with Crippen molar-refractivity contribution >= 4 is 5.97 Å². The second-order valence-electron chi connectivity index (χ2n) is 6.69. The van der Waals surface area contributed by atoms with Crippen LogP contribution in [0.4, 0.5) is 0 Å². The van der Waals surface area contributed by atoms with Crippen LogP contribution in [-0.2, 0) is 11.2 Å². The second-order valence-corrected chi connectivity index (χ2v) is 6.69. The lowest BCUT2D eigenvalue weighted by Crippen LogP contribution is -2.17. The Morgan fingerprint density at radius 1 is 1.04 bits per heavy atom. The number of carbonyl (C=O) groups excluding carboxylic acids is 1. The van der Waals surface area contributed by atoms with Crippen molar-refractivity contribution in [1.82, 2.24) is 4.90 Å². The number of nitrogens with zero attached hydrogens (tertiary/aromatic N) is 1. The van der Waals surface area contributed by atoms with Crippen LogP contribution in [-0.4, -0.2) is 25.0 Å². The van der Waals surface area contributed by atoms with E-state index >= 15 is 0 Å². The molecular weight excluding hydrogens is 298 g/mol. The molecule has 0 aliphatic rings. The summed E-state index contributed by atoms with van der Waals surface area (Å²) >= 11 is 0. The first-order chi connectivity index (χ1) is 11.5. The van der Waals surface area contributed by atoms with Crippen molar-refractivity contribution < 1.29 is 9.53 Å². The summed E-state index contributed by atoms with van der Waals surface area (Å²) in [7, 11) is 4.07. The lowest BCUT2D eigenvalue weighted by molar-refractivity contribution is -0.135. The highest BCUT2D eigenvalue weighted by molar-refractivity contribution is 5.72. The van der Waals surface area contributed by atoms with E-state index in [1.54, 1.807) is 0 Å². The minimum absolute atomic E-state index is 0.173. The van der Waals surface area contributed by atoms with E-state index in [4.69, 9.17) is 4.74 Å². The smallest absolute Gasteiger partial charge is 0.311 e. The Labute approximate surface area is 145 Å². The highest BCUT2D eigenvalue weighted by Gasteiger charge is 2.13. The molecule has 1 unspecified atom stereocenters. The molecule has 0 aliphatic carbocycles. The maximum absolute atomic E-state index is 12.2. The summed E-state index contributed by atoms with van der Waals surface area (Å²) in [4.78, 5) is 14.3. The monoisotopic (exact) mass is 325 g/mol. The number of hydrogen-bond acceptors (Lipinski definition) is 3. The van der Waals surface area contributed by atoms with Crippen molar-refractivity contribution in [3.8, 4) is 5.75 Å². The number of carbonyl (C=O) groups is 1.